The standard InChI is InChI=1S/C17H23NO7/c1-11(9-19)6-12(2)16(25-10-22-3)14-7-13(23-4)8-15(18(20)21)17(14)24-5/h6-9,12,16H,10H2,1-5H3/b11-6+/t12-,16+/m0/s1. The number of hydrogen-bond donors (Lipinski definition) is 0. The van der Waals surface area contributed by atoms with Crippen molar-refractivity contribution in [3.8, 4) is 11.5 Å². The van der Waals surface area contributed by atoms with Gasteiger partial charge in [0.2, 0.25) is 5.75 Å². The number of ether oxygens (including phenoxy) is 4. The van der Waals surface area contributed by atoms with Crippen LogP contribution in [0, 0.1) is 16.0 Å². The van der Waals surface area contributed by atoms with Gasteiger partial charge in [0.15, 0.2) is 0 Å². The summed E-state index contributed by atoms with van der Waals surface area (Å²) in [4.78, 5) is 21.7. The molecule has 138 valence electrons. The van der Waals surface area contributed by atoms with Crippen LogP contribution in [0.25, 0.3) is 0 Å². The Balaban J connectivity index is 3.52. The lowest BCUT2D eigenvalue weighted by atomic mass is 9.94. The highest BCUT2D eigenvalue weighted by molar-refractivity contribution is 5.72. The van der Waals surface area contributed by atoms with Gasteiger partial charge in [0.1, 0.15) is 18.8 Å². The fraction of sp³-hybridized carbons (Fsp3) is 0.471. The van der Waals surface area contributed by atoms with E-state index in [2.05, 4.69) is 0 Å². The first-order valence-electron chi connectivity index (χ1n) is 7.54. The third-order valence-corrected chi connectivity index (χ3v) is 3.57. The molecule has 8 nitrogen and oxygen atoms in total. The summed E-state index contributed by atoms with van der Waals surface area (Å²) in [6.07, 6.45) is 1.81. The predicted molar refractivity (Wildman–Crippen MR) is 90.9 cm³/mol. The molecular formula is C17H23NO7. The van der Waals surface area contributed by atoms with E-state index >= 15 is 0 Å². The lowest BCUT2D eigenvalue weighted by Gasteiger charge is -2.24. The molecule has 0 unspecified atom stereocenters. The van der Waals surface area contributed by atoms with Crippen LogP contribution in [0.2, 0.25) is 0 Å². The minimum absolute atomic E-state index is 0.0306. The van der Waals surface area contributed by atoms with Crippen LogP contribution < -0.4 is 9.47 Å². The summed E-state index contributed by atoms with van der Waals surface area (Å²) < 4.78 is 21.1. The van der Waals surface area contributed by atoms with E-state index in [0.717, 1.165) is 6.29 Å². The van der Waals surface area contributed by atoms with Crippen molar-refractivity contribution in [2.45, 2.75) is 20.0 Å². The SMILES string of the molecule is COCO[C@@H](c1cc(OC)cc([N+](=O)[O-])c1OC)[C@@H](C)/C=C(\C)C=O. The second kappa shape index (κ2) is 9.75. The van der Waals surface area contributed by atoms with Gasteiger partial charge in [-0.2, -0.15) is 0 Å². The van der Waals surface area contributed by atoms with E-state index in [9.17, 15) is 14.9 Å². The summed E-state index contributed by atoms with van der Waals surface area (Å²) in [6.45, 7) is 3.47. The first-order valence-corrected chi connectivity index (χ1v) is 7.54. The van der Waals surface area contributed by atoms with Crippen LogP contribution in [-0.4, -0.2) is 39.3 Å². The number of aldehydes is 1. The summed E-state index contributed by atoms with van der Waals surface area (Å²) in [5.41, 5.74) is 0.731. The molecule has 1 aromatic carbocycles. The lowest BCUT2D eigenvalue weighted by Crippen LogP contribution is -2.16. The van der Waals surface area contributed by atoms with Gasteiger partial charge in [0.05, 0.1) is 31.3 Å². The van der Waals surface area contributed by atoms with Crippen LogP contribution in [0.4, 0.5) is 5.69 Å². The van der Waals surface area contributed by atoms with Gasteiger partial charge in [-0.15, -0.1) is 0 Å². The second-order valence-corrected chi connectivity index (χ2v) is 5.41. The molecule has 0 aliphatic heterocycles. The van der Waals surface area contributed by atoms with Crippen molar-refractivity contribution < 1.29 is 28.7 Å². The highest BCUT2D eigenvalue weighted by Gasteiger charge is 2.29. The quantitative estimate of drug-likeness (QED) is 0.210. The van der Waals surface area contributed by atoms with Gasteiger partial charge in [-0.1, -0.05) is 13.0 Å². The molecule has 0 bridgehead atoms. The first kappa shape index (κ1) is 20.6. The Morgan fingerprint density at radius 1 is 1.28 bits per heavy atom. The van der Waals surface area contributed by atoms with Crippen LogP contribution in [0.1, 0.15) is 25.5 Å². The van der Waals surface area contributed by atoms with Crippen molar-refractivity contribution in [2.24, 2.45) is 5.92 Å². The Morgan fingerprint density at radius 3 is 2.44 bits per heavy atom. The average molecular weight is 353 g/mol. The van der Waals surface area contributed by atoms with Gasteiger partial charge in [0.25, 0.3) is 0 Å². The molecule has 0 aliphatic rings. The van der Waals surface area contributed by atoms with Crippen LogP contribution in [0.3, 0.4) is 0 Å². The molecule has 0 N–H and O–H groups in total. The van der Waals surface area contributed by atoms with Crippen LogP contribution in [0.15, 0.2) is 23.8 Å². The zero-order valence-corrected chi connectivity index (χ0v) is 15.0. The number of allylic oxidation sites excluding steroid dienone is 1. The van der Waals surface area contributed by atoms with Crippen LogP contribution in [-0.2, 0) is 14.3 Å². The third kappa shape index (κ3) is 5.27. The molecule has 25 heavy (non-hydrogen) atoms. The molecule has 0 amide bonds. The summed E-state index contributed by atoms with van der Waals surface area (Å²) in [5.74, 6) is 0.105. The third-order valence-electron chi connectivity index (χ3n) is 3.57. The zero-order valence-electron chi connectivity index (χ0n) is 15.0. The summed E-state index contributed by atoms with van der Waals surface area (Å²) >= 11 is 0. The van der Waals surface area contributed by atoms with Crippen molar-refractivity contribution in [1.29, 1.82) is 0 Å². The maximum Gasteiger partial charge on any atom is 0.315 e. The molecule has 8 heteroatoms. The summed E-state index contributed by atoms with van der Waals surface area (Å²) in [7, 11) is 4.24. The first-order chi connectivity index (χ1) is 11.9. The smallest absolute Gasteiger partial charge is 0.315 e. The van der Waals surface area contributed by atoms with Crippen molar-refractivity contribution in [3.05, 3.63) is 39.5 Å². The minimum atomic E-state index is -0.640. The van der Waals surface area contributed by atoms with Gasteiger partial charge in [-0.3, -0.25) is 14.9 Å². The van der Waals surface area contributed by atoms with Crippen molar-refractivity contribution >= 4 is 12.0 Å². The largest absolute Gasteiger partial charge is 0.496 e. The second-order valence-electron chi connectivity index (χ2n) is 5.41. The van der Waals surface area contributed by atoms with Gasteiger partial charge < -0.3 is 18.9 Å². The van der Waals surface area contributed by atoms with E-state index in [-0.39, 0.29) is 24.1 Å². The van der Waals surface area contributed by atoms with E-state index < -0.39 is 11.0 Å². The molecule has 1 rings (SSSR count). The maximum atomic E-state index is 11.4. The number of methoxy groups -OCH3 is 3. The normalized spacial score (nSPS) is 13.9. The Labute approximate surface area is 146 Å². The monoisotopic (exact) mass is 353 g/mol. The Kier molecular flexibility index (Phi) is 8.03. The van der Waals surface area contributed by atoms with Crippen molar-refractivity contribution in [3.63, 3.8) is 0 Å². The maximum absolute atomic E-state index is 11.4. The van der Waals surface area contributed by atoms with E-state index in [4.69, 9.17) is 18.9 Å². The number of nitro groups is 1. The number of carbonyl (C=O) groups excluding carboxylic acids is 1. The van der Waals surface area contributed by atoms with Gasteiger partial charge in [-0.25, -0.2) is 0 Å². The minimum Gasteiger partial charge on any atom is -0.496 e. The molecule has 0 aromatic heterocycles. The number of hydrogen-bond acceptors (Lipinski definition) is 7. The van der Waals surface area contributed by atoms with Crippen LogP contribution in [0.5, 0.6) is 11.5 Å². The van der Waals surface area contributed by atoms with Crippen molar-refractivity contribution in [1.82, 2.24) is 0 Å². The number of nitro benzene ring substituents is 1. The van der Waals surface area contributed by atoms with Gasteiger partial charge in [0, 0.05) is 18.6 Å². The molecule has 0 aliphatic carbocycles. The van der Waals surface area contributed by atoms with Gasteiger partial charge in [-0.05, 0) is 18.6 Å². The molecule has 0 radical (unpaired) electrons. The number of rotatable bonds is 10. The van der Waals surface area contributed by atoms with E-state index in [0.29, 0.717) is 16.9 Å². The van der Waals surface area contributed by atoms with Crippen molar-refractivity contribution in [2.75, 3.05) is 28.1 Å². The Morgan fingerprint density at radius 2 is 1.96 bits per heavy atom. The van der Waals surface area contributed by atoms with E-state index in [1.165, 1.54) is 27.4 Å². The Bertz CT molecular complexity index is 642. The Hall–Kier alpha value is -2.45. The van der Waals surface area contributed by atoms with Gasteiger partial charge >= 0.3 is 5.69 Å². The summed E-state index contributed by atoms with van der Waals surface area (Å²) in [6, 6.07) is 2.90. The molecular weight excluding hydrogens is 330 g/mol. The summed E-state index contributed by atoms with van der Waals surface area (Å²) in [5, 5.41) is 11.4. The predicted octanol–water partition coefficient (Wildman–Crippen LogP) is 3.05. The fourth-order valence-corrected chi connectivity index (χ4v) is 2.50. The lowest BCUT2D eigenvalue weighted by molar-refractivity contribution is -0.385. The zero-order chi connectivity index (χ0) is 19.0. The molecule has 0 saturated carbocycles. The highest BCUT2D eigenvalue weighted by Crippen LogP contribution is 2.42. The number of carbonyl (C=O) groups is 1. The fourth-order valence-electron chi connectivity index (χ4n) is 2.50. The number of nitrogens with zero attached hydrogens (tertiary/aromatic N) is 1. The molecule has 2 atom stereocenters. The molecule has 1 aromatic rings. The highest BCUT2D eigenvalue weighted by atomic mass is 16.7. The topological polar surface area (TPSA) is 97.1 Å². The van der Waals surface area contributed by atoms with E-state index in [1.807, 2.05) is 6.92 Å². The number of benzene rings is 1. The molecule has 0 heterocycles. The molecule has 0 saturated heterocycles. The average Bonchev–Trinajstić information content (AvgIpc) is 2.60. The van der Waals surface area contributed by atoms with Crippen LogP contribution >= 0.6 is 0 Å². The van der Waals surface area contributed by atoms with E-state index in [1.54, 1.807) is 19.1 Å². The molecule has 0 spiro atoms. The molecule has 0 fully saturated rings.